The summed E-state index contributed by atoms with van der Waals surface area (Å²) in [6.45, 7) is 5.00. The summed E-state index contributed by atoms with van der Waals surface area (Å²) in [5, 5.41) is 38.4. The first-order chi connectivity index (χ1) is 14.2. The van der Waals surface area contributed by atoms with Crippen molar-refractivity contribution in [1.29, 1.82) is 0 Å². The Kier molecular flexibility index (Phi) is 9.21. The lowest BCUT2D eigenvalue weighted by molar-refractivity contribution is -0.121. The number of carbonyl (C=O) groups excluding carboxylic acids is 1. The zero-order valence-electron chi connectivity index (χ0n) is 17.8. The van der Waals surface area contributed by atoms with Gasteiger partial charge < -0.3 is 35.6 Å². The molecule has 2 rings (SSSR count). The van der Waals surface area contributed by atoms with Crippen molar-refractivity contribution in [2.75, 3.05) is 13.2 Å². The van der Waals surface area contributed by atoms with Crippen molar-refractivity contribution in [3.63, 3.8) is 0 Å². The van der Waals surface area contributed by atoms with Gasteiger partial charge in [0.25, 0.3) is 0 Å². The predicted octanol–water partition coefficient (Wildman–Crippen LogP) is 0.817. The molecule has 1 aliphatic rings. The molecule has 0 spiro atoms. The molecule has 1 aromatic rings. The van der Waals surface area contributed by atoms with E-state index in [9.17, 15) is 25.2 Å². The minimum atomic E-state index is -1.24. The number of ether oxygens (including phenoxy) is 2. The van der Waals surface area contributed by atoms with Gasteiger partial charge in [-0.1, -0.05) is 45.0 Å². The van der Waals surface area contributed by atoms with Gasteiger partial charge in [0.2, 0.25) is 5.91 Å². The van der Waals surface area contributed by atoms with Crippen molar-refractivity contribution in [2.45, 2.75) is 70.2 Å². The van der Waals surface area contributed by atoms with Crippen LogP contribution in [0.15, 0.2) is 24.3 Å². The van der Waals surface area contributed by atoms with E-state index in [1.165, 1.54) is 0 Å². The molecule has 0 aromatic heterocycles. The van der Waals surface area contributed by atoms with E-state index in [0.29, 0.717) is 17.9 Å². The molecule has 6 N–H and O–H groups in total. The first kappa shape index (κ1) is 24.7. The average molecular weight is 426 g/mol. The Hall–Kier alpha value is -1.55. The highest BCUT2D eigenvalue weighted by molar-refractivity contribution is 5.76. The summed E-state index contributed by atoms with van der Waals surface area (Å²) in [5.74, 6) is 0.101. The molecular weight excluding hydrogens is 390 g/mol. The Bertz CT molecular complexity index is 648. The van der Waals surface area contributed by atoms with Crippen LogP contribution in [0.1, 0.15) is 56.9 Å². The molecule has 1 fully saturated rings. The van der Waals surface area contributed by atoms with E-state index in [2.05, 4.69) is 13.8 Å². The van der Waals surface area contributed by atoms with Gasteiger partial charge in [0.1, 0.15) is 24.4 Å². The maximum Gasteiger partial charge on any atom is 0.220 e. The zero-order valence-corrected chi connectivity index (χ0v) is 17.8. The summed E-state index contributed by atoms with van der Waals surface area (Å²) >= 11 is 0. The maximum atomic E-state index is 11.5. The van der Waals surface area contributed by atoms with Crippen molar-refractivity contribution in [3.8, 4) is 0 Å². The number of primary amides is 1. The number of aliphatic hydroxyl groups excluding tert-OH is 4. The summed E-state index contributed by atoms with van der Waals surface area (Å²) in [5.41, 5.74) is 7.22. The molecule has 8 nitrogen and oxygen atoms in total. The Morgan fingerprint density at radius 2 is 1.47 bits per heavy atom. The van der Waals surface area contributed by atoms with Crippen LogP contribution >= 0.6 is 0 Å². The van der Waals surface area contributed by atoms with E-state index in [1.54, 1.807) is 0 Å². The molecule has 0 bridgehead atoms. The smallest absolute Gasteiger partial charge is 0.220 e. The normalized spacial score (nSPS) is 25.8. The number of rotatable bonds is 11. The van der Waals surface area contributed by atoms with Gasteiger partial charge in [-0.15, -0.1) is 0 Å². The largest absolute Gasteiger partial charge is 0.394 e. The number of benzene rings is 1. The fourth-order valence-corrected chi connectivity index (χ4v) is 3.86. The van der Waals surface area contributed by atoms with Gasteiger partial charge in [-0.05, 0) is 30.2 Å². The third-order valence-electron chi connectivity index (χ3n) is 5.58. The maximum absolute atomic E-state index is 11.5. The number of carbonyl (C=O) groups is 1. The number of nitrogens with two attached hydrogens (primary N) is 1. The van der Waals surface area contributed by atoms with Gasteiger partial charge in [-0.3, -0.25) is 4.79 Å². The van der Waals surface area contributed by atoms with Crippen LogP contribution in [0.4, 0.5) is 0 Å². The molecule has 6 unspecified atom stereocenters. The van der Waals surface area contributed by atoms with Gasteiger partial charge >= 0.3 is 0 Å². The number of aliphatic hydroxyl groups is 4. The zero-order chi connectivity index (χ0) is 22.4. The number of amides is 1. The third-order valence-corrected chi connectivity index (χ3v) is 5.58. The lowest BCUT2D eigenvalue weighted by Gasteiger charge is -2.23. The fraction of sp³-hybridized carbons (Fsp3) is 0.682. The summed E-state index contributed by atoms with van der Waals surface area (Å²) in [6.07, 6.45) is -3.68. The number of hydrogen-bond acceptors (Lipinski definition) is 7. The monoisotopic (exact) mass is 425 g/mol. The second-order valence-electron chi connectivity index (χ2n) is 8.57. The Labute approximate surface area is 177 Å². The first-order valence-corrected chi connectivity index (χ1v) is 10.5. The second-order valence-corrected chi connectivity index (χ2v) is 8.57. The van der Waals surface area contributed by atoms with E-state index in [-0.39, 0.29) is 17.7 Å². The van der Waals surface area contributed by atoms with Gasteiger partial charge in [0.05, 0.1) is 13.2 Å². The molecule has 1 heterocycles. The van der Waals surface area contributed by atoms with Gasteiger partial charge in [-0.25, -0.2) is 0 Å². The van der Waals surface area contributed by atoms with Crippen LogP contribution in [0.25, 0.3) is 0 Å². The van der Waals surface area contributed by atoms with Crippen LogP contribution in [0.2, 0.25) is 0 Å². The third kappa shape index (κ3) is 6.23. The van der Waals surface area contributed by atoms with Crippen LogP contribution in [0.5, 0.6) is 0 Å². The molecular formula is C22H35NO7. The minimum Gasteiger partial charge on any atom is -0.394 e. The fourth-order valence-electron chi connectivity index (χ4n) is 3.86. The molecule has 8 heteroatoms. The van der Waals surface area contributed by atoms with Crippen LogP contribution in [0.3, 0.4) is 0 Å². The SMILES string of the molecule is CC(C)CC(CC(C)C(N)=O)c1ccc(C2OC(C(O)CO)C(C(O)CO)O2)cc1. The summed E-state index contributed by atoms with van der Waals surface area (Å²) in [4.78, 5) is 11.5. The summed E-state index contributed by atoms with van der Waals surface area (Å²) in [6, 6.07) is 7.60. The van der Waals surface area contributed by atoms with Crippen molar-refractivity contribution in [1.82, 2.24) is 0 Å². The predicted molar refractivity (Wildman–Crippen MR) is 110 cm³/mol. The molecule has 1 aliphatic heterocycles. The van der Waals surface area contributed by atoms with Crippen molar-refractivity contribution < 1.29 is 34.7 Å². The second kappa shape index (κ2) is 11.2. The molecule has 6 atom stereocenters. The van der Waals surface area contributed by atoms with E-state index in [1.807, 2.05) is 31.2 Å². The van der Waals surface area contributed by atoms with E-state index in [4.69, 9.17) is 15.2 Å². The molecule has 1 saturated heterocycles. The van der Waals surface area contributed by atoms with Crippen molar-refractivity contribution in [2.24, 2.45) is 17.6 Å². The van der Waals surface area contributed by atoms with Crippen molar-refractivity contribution >= 4 is 5.91 Å². The van der Waals surface area contributed by atoms with Gasteiger partial charge in [0.15, 0.2) is 6.29 Å². The van der Waals surface area contributed by atoms with Gasteiger partial charge in [0, 0.05) is 11.5 Å². The van der Waals surface area contributed by atoms with Crippen LogP contribution < -0.4 is 5.73 Å². The highest BCUT2D eigenvalue weighted by Crippen LogP contribution is 2.36. The van der Waals surface area contributed by atoms with Crippen LogP contribution in [-0.2, 0) is 14.3 Å². The average Bonchev–Trinajstić information content (AvgIpc) is 3.17. The highest BCUT2D eigenvalue weighted by atomic mass is 16.7. The van der Waals surface area contributed by atoms with Crippen LogP contribution in [0, 0.1) is 11.8 Å². The lowest BCUT2D eigenvalue weighted by atomic mass is 9.83. The first-order valence-electron chi connectivity index (χ1n) is 10.5. The Balaban J connectivity index is 2.17. The Morgan fingerprint density at radius 1 is 0.967 bits per heavy atom. The van der Waals surface area contributed by atoms with E-state index in [0.717, 1.165) is 12.0 Å². The van der Waals surface area contributed by atoms with Crippen molar-refractivity contribution in [3.05, 3.63) is 35.4 Å². The quantitative estimate of drug-likeness (QED) is 0.353. The molecule has 0 aliphatic carbocycles. The van der Waals surface area contributed by atoms with E-state index < -0.39 is 43.9 Å². The van der Waals surface area contributed by atoms with Crippen LogP contribution in [-0.4, -0.2) is 64.0 Å². The standard InChI is InChI=1S/C22H35NO7/c1-12(2)8-16(9-13(3)21(23)28)14-4-6-15(7-5-14)22-29-19(17(26)10-24)20(30-22)18(27)11-25/h4-7,12-13,16-20,22,24-27H,8-11H2,1-3H3,(H2,23,28). The molecule has 0 radical (unpaired) electrons. The van der Waals surface area contributed by atoms with Gasteiger partial charge in [-0.2, -0.15) is 0 Å². The Morgan fingerprint density at radius 3 is 1.87 bits per heavy atom. The molecule has 0 saturated carbocycles. The topological polar surface area (TPSA) is 142 Å². The highest BCUT2D eigenvalue weighted by Gasteiger charge is 2.44. The molecule has 170 valence electrons. The molecule has 1 aromatic carbocycles. The molecule has 30 heavy (non-hydrogen) atoms. The lowest BCUT2D eigenvalue weighted by Crippen LogP contribution is -2.45. The summed E-state index contributed by atoms with van der Waals surface area (Å²) < 4.78 is 11.5. The minimum absolute atomic E-state index is 0.180. The summed E-state index contributed by atoms with van der Waals surface area (Å²) in [7, 11) is 0. The van der Waals surface area contributed by atoms with E-state index >= 15 is 0 Å². The number of hydrogen-bond donors (Lipinski definition) is 5. The molecule has 1 amide bonds.